The Bertz CT molecular complexity index is 329. The topological polar surface area (TPSA) is 74.6 Å². The number of carboxylic acids is 1. The number of aliphatic hydroxyl groups is 1. The lowest BCUT2D eigenvalue weighted by Gasteiger charge is -2.14. The lowest BCUT2D eigenvalue weighted by molar-refractivity contribution is -0.135. The third kappa shape index (κ3) is 5.34. The third-order valence-electron chi connectivity index (χ3n) is 2.87. The van der Waals surface area contributed by atoms with Gasteiger partial charge in [0.2, 0.25) is 0 Å². The Morgan fingerprint density at radius 2 is 1.61 bits per heavy atom. The van der Waals surface area contributed by atoms with Crippen LogP contribution in [0.5, 0.6) is 0 Å². The number of carboxylic acid groups (broad SMARTS) is 1. The smallest absolute Gasteiger partial charge is 0.342 e. The van der Waals surface area contributed by atoms with E-state index in [1.54, 1.807) is 13.8 Å². The van der Waals surface area contributed by atoms with E-state index in [0.717, 1.165) is 6.42 Å². The number of hydrogen-bond donors (Lipinski definition) is 2. The van der Waals surface area contributed by atoms with E-state index in [1.807, 2.05) is 0 Å². The van der Waals surface area contributed by atoms with Crippen molar-refractivity contribution < 1.29 is 19.8 Å². The Morgan fingerprint density at radius 3 is 2.00 bits per heavy atom. The predicted octanol–water partition coefficient (Wildman–Crippen LogP) is 3.32. The van der Waals surface area contributed by atoms with Crippen molar-refractivity contribution in [3.05, 3.63) is 11.3 Å². The van der Waals surface area contributed by atoms with E-state index in [9.17, 15) is 14.7 Å². The summed E-state index contributed by atoms with van der Waals surface area (Å²) in [6, 6.07) is 0. The van der Waals surface area contributed by atoms with Crippen LogP contribution in [0.2, 0.25) is 0 Å². The maximum Gasteiger partial charge on any atom is 0.342 e. The molecule has 0 saturated heterocycles. The summed E-state index contributed by atoms with van der Waals surface area (Å²) in [5.74, 6) is -1.90. The number of Topliss-reactive ketones (excluding diaryl/α,β-unsaturated/α-hetero) is 1. The molecule has 1 atom stereocenters. The van der Waals surface area contributed by atoms with Crippen LogP contribution in [0.25, 0.3) is 0 Å². The first-order valence-electron chi connectivity index (χ1n) is 6.50. The Labute approximate surface area is 109 Å². The molecule has 4 nitrogen and oxygen atoms in total. The quantitative estimate of drug-likeness (QED) is 0.302. The zero-order valence-corrected chi connectivity index (χ0v) is 11.7. The highest BCUT2D eigenvalue weighted by atomic mass is 16.4. The van der Waals surface area contributed by atoms with Crippen molar-refractivity contribution in [2.45, 2.75) is 53.4 Å². The number of hydrogen-bond acceptors (Lipinski definition) is 3. The summed E-state index contributed by atoms with van der Waals surface area (Å²) in [7, 11) is 0. The van der Waals surface area contributed by atoms with Gasteiger partial charge in [0.25, 0.3) is 0 Å². The highest BCUT2D eigenvalue weighted by Gasteiger charge is 2.24. The van der Waals surface area contributed by atoms with Gasteiger partial charge in [-0.05, 0) is 18.8 Å². The highest BCUT2D eigenvalue weighted by Crippen LogP contribution is 2.21. The van der Waals surface area contributed by atoms with E-state index < -0.39 is 17.3 Å². The zero-order chi connectivity index (χ0) is 14.3. The SMILES string of the molecule is CCCC(=O)C(C(=O)O)=C(O)[C@@H](C)CCC(C)C. The summed E-state index contributed by atoms with van der Waals surface area (Å²) in [6.07, 6.45) is 2.30. The van der Waals surface area contributed by atoms with Crippen molar-refractivity contribution in [1.29, 1.82) is 0 Å². The molecule has 0 amide bonds. The number of rotatable bonds is 8. The highest BCUT2D eigenvalue weighted by molar-refractivity contribution is 6.16. The lowest BCUT2D eigenvalue weighted by atomic mass is 9.93. The minimum atomic E-state index is -1.33. The fourth-order valence-corrected chi connectivity index (χ4v) is 1.69. The first-order chi connectivity index (χ1) is 8.31. The minimum Gasteiger partial charge on any atom is -0.511 e. The molecule has 4 heteroatoms. The van der Waals surface area contributed by atoms with Gasteiger partial charge in [0.1, 0.15) is 11.3 Å². The van der Waals surface area contributed by atoms with Crippen LogP contribution in [0.15, 0.2) is 11.3 Å². The van der Waals surface area contributed by atoms with E-state index in [1.165, 1.54) is 0 Å². The molecule has 0 unspecified atom stereocenters. The van der Waals surface area contributed by atoms with E-state index in [2.05, 4.69) is 13.8 Å². The molecule has 0 aromatic heterocycles. The molecule has 2 N–H and O–H groups in total. The Hall–Kier alpha value is -1.32. The summed E-state index contributed by atoms with van der Waals surface area (Å²) < 4.78 is 0. The molecule has 0 aromatic rings. The average molecular weight is 256 g/mol. The van der Waals surface area contributed by atoms with Gasteiger partial charge in [0, 0.05) is 12.3 Å². The molecule has 104 valence electrons. The second kappa shape index (κ2) is 7.90. The summed E-state index contributed by atoms with van der Waals surface area (Å²) in [5, 5.41) is 19.0. The first kappa shape index (κ1) is 16.7. The molecule has 0 saturated carbocycles. The van der Waals surface area contributed by atoms with Gasteiger partial charge in [-0.3, -0.25) is 4.79 Å². The molecule has 0 aliphatic rings. The van der Waals surface area contributed by atoms with E-state index >= 15 is 0 Å². The number of ketones is 1. The fraction of sp³-hybridized carbons (Fsp3) is 0.714. The molecule has 0 rings (SSSR count). The standard InChI is InChI=1S/C14H24O4/c1-5-6-11(15)12(14(17)18)13(16)10(4)8-7-9(2)3/h9-10,16H,5-8H2,1-4H3,(H,17,18)/t10-/m0/s1. The number of carbonyl (C=O) groups is 2. The predicted molar refractivity (Wildman–Crippen MR) is 70.4 cm³/mol. The molecule has 0 aromatic carbocycles. The van der Waals surface area contributed by atoms with Gasteiger partial charge < -0.3 is 10.2 Å². The minimum absolute atomic E-state index is 0.155. The third-order valence-corrected chi connectivity index (χ3v) is 2.87. The van der Waals surface area contributed by atoms with Crippen molar-refractivity contribution in [3.8, 4) is 0 Å². The monoisotopic (exact) mass is 256 g/mol. The van der Waals surface area contributed by atoms with E-state index in [-0.39, 0.29) is 18.1 Å². The van der Waals surface area contributed by atoms with Crippen LogP contribution in [0, 0.1) is 11.8 Å². The van der Waals surface area contributed by atoms with Crippen LogP contribution in [-0.2, 0) is 9.59 Å². The van der Waals surface area contributed by atoms with Gasteiger partial charge in [0.05, 0.1) is 0 Å². The van der Waals surface area contributed by atoms with E-state index in [0.29, 0.717) is 18.8 Å². The molecule has 0 spiro atoms. The number of carbonyl (C=O) groups excluding carboxylic acids is 1. The Balaban J connectivity index is 4.97. The molecular formula is C14H24O4. The van der Waals surface area contributed by atoms with Gasteiger partial charge in [0.15, 0.2) is 5.78 Å². The van der Waals surface area contributed by atoms with Gasteiger partial charge in [-0.2, -0.15) is 0 Å². The van der Waals surface area contributed by atoms with Gasteiger partial charge in [-0.25, -0.2) is 4.79 Å². The normalized spacial score (nSPS) is 14.3. The molecule has 0 aliphatic carbocycles. The fourth-order valence-electron chi connectivity index (χ4n) is 1.69. The molecule has 18 heavy (non-hydrogen) atoms. The summed E-state index contributed by atoms with van der Waals surface area (Å²) in [4.78, 5) is 22.7. The lowest BCUT2D eigenvalue weighted by Crippen LogP contribution is -2.18. The van der Waals surface area contributed by atoms with Crippen LogP contribution in [0.4, 0.5) is 0 Å². The number of aliphatic carboxylic acids is 1. The number of aliphatic hydroxyl groups excluding tert-OH is 1. The van der Waals surface area contributed by atoms with Crippen molar-refractivity contribution in [2.75, 3.05) is 0 Å². The Morgan fingerprint density at radius 1 is 1.06 bits per heavy atom. The van der Waals surface area contributed by atoms with Crippen molar-refractivity contribution in [3.63, 3.8) is 0 Å². The van der Waals surface area contributed by atoms with Crippen LogP contribution in [-0.4, -0.2) is 22.0 Å². The van der Waals surface area contributed by atoms with Gasteiger partial charge >= 0.3 is 5.97 Å². The maximum absolute atomic E-state index is 11.7. The van der Waals surface area contributed by atoms with Crippen LogP contribution < -0.4 is 0 Å². The van der Waals surface area contributed by atoms with E-state index in [4.69, 9.17) is 5.11 Å². The van der Waals surface area contributed by atoms with Crippen molar-refractivity contribution in [2.24, 2.45) is 11.8 Å². The van der Waals surface area contributed by atoms with Crippen molar-refractivity contribution >= 4 is 11.8 Å². The Kier molecular flexibility index (Phi) is 7.32. The van der Waals surface area contributed by atoms with Crippen molar-refractivity contribution in [1.82, 2.24) is 0 Å². The molecule has 0 radical (unpaired) electrons. The summed E-state index contributed by atoms with van der Waals surface area (Å²) in [6.45, 7) is 7.68. The van der Waals surface area contributed by atoms with Gasteiger partial charge in [-0.15, -0.1) is 0 Å². The maximum atomic E-state index is 11.7. The van der Waals surface area contributed by atoms with Crippen LogP contribution in [0.3, 0.4) is 0 Å². The second-order valence-corrected chi connectivity index (χ2v) is 5.11. The van der Waals surface area contributed by atoms with Crippen LogP contribution in [0.1, 0.15) is 53.4 Å². The molecule has 0 bridgehead atoms. The summed E-state index contributed by atoms with van der Waals surface area (Å²) in [5.41, 5.74) is -0.437. The number of allylic oxidation sites excluding steroid dienone is 1. The first-order valence-corrected chi connectivity index (χ1v) is 6.50. The van der Waals surface area contributed by atoms with Gasteiger partial charge in [-0.1, -0.05) is 34.1 Å². The molecule has 0 aliphatic heterocycles. The second-order valence-electron chi connectivity index (χ2n) is 5.11. The molecule has 0 fully saturated rings. The average Bonchev–Trinajstić information content (AvgIpc) is 2.25. The molecule has 0 heterocycles. The zero-order valence-electron chi connectivity index (χ0n) is 11.7. The van der Waals surface area contributed by atoms with Crippen LogP contribution >= 0.6 is 0 Å². The summed E-state index contributed by atoms with van der Waals surface area (Å²) >= 11 is 0. The largest absolute Gasteiger partial charge is 0.511 e. The molecular weight excluding hydrogens is 232 g/mol.